The molecule has 3 atom stereocenters. The number of nitrogens with one attached hydrogen (secondary N) is 2. The molecule has 1 aliphatic heterocycles. The smallest absolute Gasteiger partial charge is 0.310 e. The highest BCUT2D eigenvalue weighted by atomic mass is 16.4. The first-order chi connectivity index (χ1) is 15.5. The van der Waals surface area contributed by atoms with Gasteiger partial charge in [-0.3, -0.25) is 9.78 Å². The molecule has 3 N–H and O–H groups in total. The molecule has 4 rings (SSSR count). The molecule has 5 heteroatoms. The van der Waals surface area contributed by atoms with Crippen molar-refractivity contribution < 1.29 is 9.90 Å². The Morgan fingerprint density at radius 1 is 1.16 bits per heavy atom. The highest BCUT2D eigenvalue weighted by Gasteiger charge is 2.27. The average molecular weight is 430 g/mol. The molecule has 0 fully saturated rings. The van der Waals surface area contributed by atoms with Crippen LogP contribution in [0.5, 0.6) is 0 Å². The van der Waals surface area contributed by atoms with E-state index in [0.29, 0.717) is 5.92 Å². The van der Waals surface area contributed by atoms with Crippen LogP contribution in [0.15, 0.2) is 66.9 Å². The molecule has 0 bridgehead atoms. The number of anilines is 1. The normalized spacial score (nSPS) is 17.1. The molecule has 0 saturated carbocycles. The molecule has 5 nitrogen and oxygen atoms in total. The number of nitrogens with zero attached hydrogens (tertiary/aromatic N) is 1. The van der Waals surface area contributed by atoms with Crippen LogP contribution in [0.4, 0.5) is 5.69 Å². The second-order valence-corrected chi connectivity index (χ2v) is 8.68. The number of pyridine rings is 1. The number of fused-ring (bicyclic) bond motifs is 1. The van der Waals surface area contributed by atoms with E-state index in [4.69, 9.17) is 0 Å². The molecule has 0 unspecified atom stereocenters. The van der Waals surface area contributed by atoms with Crippen LogP contribution in [0.1, 0.15) is 46.8 Å². The van der Waals surface area contributed by atoms with Gasteiger partial charge in [0.15, 0.2) is 0 Å². The molecule has 166 valence electrons. The number of aromatic nitrogens is 1. The van der Waals surface area contributed by atoms with Crippen molar-refractivity contribution >= 4 is 11.7 Å². The van der Waals surface area contributed by atoms with Gasteiger partial charge in [0.25, 0.3) is 0 Å². The van der Waals surface area contributed by atoms with Gasteiger partial charge < -0.3 is 15.7 Å². The summed E-state index contributed by atoms with van der Waals surface area (Å²) in [6.07, 6.45) is 3.65. The predicted molar refractivity (Wildman–Crippen MR) is 128 cm³/mol. The number of carbonyl (C=O) groups is 1. The van der Waals surface area contributed by atoms with Gasteiger partial charge in [0.1, 0.15) is 0 Å². The fourth-order valence-corrected chi connectivity index (χ4v) is 4.51. The molecule has 0 spiro atoms. The minimum atomic E-state index is -0.791. The van der Waals surface area contributed by atoms with Crippen molar-refractivity contribution in [1.29, 1.82) is 0 Å². The number of aliphatic carboxylic acids is 1. The van der Waals surface area contributed by atoms with Gasteiger partial charge in [-0.05, 0) is 67.6 Å². The van der Waals surface area contributed by atoms with E-state index in [1.165, 1.54) is 16.7 Å². The number of hydrogen-bond donors (Lipinski definition) is 3. The Bertz CT molecular complexity index is 1070. The highest BCUT2D eigenvalue weighted by Crippen LogP contribution is 2.31. The summed E-state index contributed by atoms with van der Waals surface area (Å²) in [5.74, 6) is -0.903. The molecule has 32 heavy (non-hydrogen) atoms. The quantitative estimate of drug-likeness (QED) is 0.482. The Labute approximate surface area is 189 Å². The summed E-state index contributed by atoms with van der Waals surface area (Å²) in [7, 11) is 0. The third-order valence-electron chi connectivity index (χ3n) is 6.53. The van der Waals surface area contributed by atoms with E-state index in [-0.39, 0.29) is 6.04 Å². The topological polar surface area (TPSA) is 74.2 Å². The highest BCUT2D eigenvalue weighted by molar-refractivity contribution is 5.75. The van der Waals surface area contributed by atoms with Crippen molar-refractivity contribution in [3.8, 4) is 0 Å². The molecule has 1 aliphatic rings. The van der Waals surface area contributed by atoms with Gasteiger partial charge in [0.2, 0.25) is 0 Å². The maximum absolute atomic E-state index is 11.4. The number of benzene rings is 2. The zero-order valence-electron chi connectivity index (χ0n) is 18.7. The number of carboxylic acids is 1. The summed E-state index contributed by atoms with van der Waals surface area (Å²) < 4.78 is 0. The van der Waals surface area contributed by atoms with Crippen molar-refractivity contribution in [3.05, 3.63) is 94.8 Å². The van der Waals surface area contributed by atoms with Crippen LogP contribution in [0, 0.1) is 12.8 Å². The largest absolute Gasteiger partial charge is 0.481 e. The first kappa shape index (κ1) is 22.0. The van der Waals surface area contributed by atoms with E-state index in [1.807, 2.05) is 24.4 Å². The summed E-state index contributed by atoms with van der Waals surface area (Å²) in [4.78, 5) is 16.0. The number of rotatable bonds is 8. The number of hydrogen-bond acceptors (Lipinski definition) is 4. The summed E-state index contributed by atoms with van der Waals surface area (Å²) in [6.45, 7) is 5.54. The van der Waals surface area contributed by atoms with Crippen LogP contribution >= 0.6 is 0 Å². The van der Waals surface area contributed by atoms with Gasteiger partial charge in [-0.1, -0.05) is 48.5 Å². The van der Waals surface area contributed by atoms with Crippen molar-refractivity contribution in [3.63, 3.8) is 0 Å². The minimum Gasteiger partial charge on any atom is -0.481 e. The zero-order valence-corrected chi connectivity index (χ0v) is 18.7. The third kappa shape index (κ3) is 5.00. The maximum atomic E-state index is 11.4. The van der Waals surface area contributed by atoms with Gasteiger partial charge >= 0.3 is 5.97 Å². The summed E-state index contributed by atoms with van der Waals surface area (Å²) >= 11 is 0. The van der Waals surface area contributed by atoms with E-state index < -0.39 is 11.9 Å². The monoisotopic (exact) mass is 429 g/mol. The van der Waals surface area contributed by atoms with E-state index >= 15 is 0 Å². The van der Waals surface area contributed by atoms with Crippen LogP contribution in [0.3, 0.4) is 0 Å². The molecule has 0 amide bonds. The Balaban J connectivity index is 1.49. The molecule has 1 aromatic heterocycles. The molecule has 3 aromatic rings. The van der Waals surface area contributed by atoms with Crippen LogP contribution in [-0.2, 0) is 17.6 Å². The molecule has 0 aliphatic carbocycles. The second-order valence-electron chi connectivity index (χ2n) is 8.68. The van der Waals surface area contributed by atoms with Crippen molar-refractivity contribution in [2.45, 2.75) is 38.6 Å². The summed E-state index contributed by atoms with van der Waals surface area (Å²) in [5.41, 5.74) is 6.79. The Kier molecular flexibility index (Phi) is 6.86. The van der Waals surface area contributed by atoms with Crippen molar-refractivity contribution in [1.82, 2.24) is 10.3 Å². The third-order valence-corrected chi connectivity index (χ3v) is 6.53. The van der Waals surface area contributed by atoms with E-state index in [2.05, 4.69) is 65.0 Å². The van der Waals surface area contributed by atoms with Gasteiger partial charge in [0.05, 0.1) is 17.3 Å². The fourth-order valence-electron chi connectivity index (χ4n) is 4.51. The van der Waals surface area contributed by atoms with Gasteiger partial charge in [-0.15, -0.1) is 0 Å². The second kappa shape index (κ2) is 9.96. The summed E-state index contributed by atoms with van der Waals surface area (Å²) in [5, 5.41) is 16.7. The predicted octanol–water partition coefficient (Wildman–Crippen LogP) is 4.74. The number of aryl methyl sites for hydroxylation is 1. The summed E-state index contributed by atoms with van der Waals surface area (Å²) in [6, 6.07) is 20.9. The van der Waals surface area contributed by atoms with E-state index in [9.17, 15) is 9.90 Å². The lowest BCUT2D eigenvalue weighted by Crippen LogP contribution is -2.37. The van der Waals surface area contributed by atoms with Crippen LogP contribution in [0.25, 0.3) is 0 Å². The maximum Gasteiger partial charge on any atom is 0.310 e. The lowest BCUT2D eigenvalue weighted by molar-refractivity contribution is -0.138. The first-order valence-electron chi connectivity index (χ1n) is 11.3. The molecular formula is C27H31N3O2. The van der Waals surface area contributed by atoms with Crippen molar-refractivity contribution in [2.75, 3.05) is 18.4 Å². The molecular weight excluding hydrogens is 398 g/mol. The molecule has 2 heterocycles. The van der Waals surface area contributed by atoms with E-state index in [0.717, 1.165) is 42.9 Å². The lowest BCUT2D eigenvalue weighted by atomic mass is 9.86. The first-order valence-corrected chi connectivity index (χ1v) is 11.3. The minimum absolute atomic E-state index is 0.209. The Morgan fingerprint density at radius 2 is 1.97 bits per heavy atom. The standard InChI is InChI=1S/C27H31N3O2/c1-18-10-11-22(19(2)27(31)32)15-21(18)12-14-29-26(20-7-4-3-5-8-20)23-16-25-24(30-17-23)9-6-13-28-25/h3-11,13,15,19,23,26,29-30H,12,14,16-17H2,1-2H3,(H,31,32)/t19-,23-,26-/m1/s1. The van der Waals surface area contributed by atoms with E-state index in [1.54, 1.807) is 6.92 Å². The average Bonchev–Trinajstić information content (AvgIpc) is 2.82. The lowest BCUT2D eigenvalue weighted by Gasteiger charge is -2.33. The Morgan fingerprint density at radius 3 is 2.75 bits per heavy atom. The number of carboxylic acid groups (broad SMARTS) is 1. The van der Waals surface area contributed by atoms with Gasteiger partial charge in [-0.2, -0.15) is 0 Å². The van der Waals surface area contributed by atoms with Gasteiger partial charge in [-0.25, -0.2) is 0 Å². The van der Waals surface area contributed by atoms with Crippen LogP contribution in [0.2, 0.25) is 0 Å². The zero-order chi connectivity index (χ0) is 22.5. The fraction of sp³-hybridized carbons (Fsp3) is 0.333. The molecule has 0 saturated heterocycles. The van der Waals surface area contributed by atoms with Gasteiger partial charge in [0, 0.05) is 24.7 Å². The molecule has 2 aromatic carbocycles. The van der Waals surface area contributed by atoms with Crippen LogP contribution < -0.4 is 10.6 Å². The van der Waals surface area contributed by atoms with Crippen LogP contribution in [-0.4, -0.2) is 29.1 Å². The SMILES string of the molecule is Cc1ccc([C@@H](C)C(=O)O)cc1CCN[C@H](c1ccccc1)[C@H]1CNc2cccnc2C1. The van der Waals surface area contributed by atoms with Crippen molar-refractivity contribution in [2.24, 2.45) is 5.92 Å². The molecule has 0 radical (unpaired) electrons. The Hall–Kier alpha value is -3.18.